The smallest absolute Gasteiger partial charge is 0.139 e. The Labute approximate surface area is 203 Å². The second-order valence-corrected chi connectivity index (χ2v) is 9.61. The standard InChI is InChI=1S/C27H37ClN2O3/c1-19-20(2)26(33-16-6-15-31-3)12-10-23(19)25-8-5-7-22-18-29(13-14-30(22)25)21-9-11-24(28)27(17-21)32-4/h9-12,17,22,25H,5-8,13-16,18H2,1-4H3/t22?,25-/m1/s1. The van der Waals surface area contributed by atoms with E-state index in [4.69, 9.17) is 25.8 Å². The molecular formula is C27H37ClN2O3. The molecule has 2 heterocycles. The summed E-state index contributed by atoms with van der Waals surface area (Å²) in [6, 6.07) is 11.6. The summed E-state index contributed by atoms with van der Waals surface area (Å²) in [5.41, 5.74) is 5.29. The zero-order valence-corrected chi connectivity index (χ0v) is 21.2. The highest BCUT2D eigenvalue weighted by Crippen LogP contribution is 2.40. The van der Waals surface area contributed by atoms with Gasteiger partial charge >= 0.3 is 0 Å². The van der Waals surface area contributed by atoms with E-state index in [9.17, 15) is 0 Å². The molecule has 180 valence electrons. The molecule has 2 aromatic rings. The predicted octanol–water partition coefficient (Wildman–Crippen LogP) is 5.80. The number of nitrogens with zero attached hydrogens (tertiary/aromatic N) is 2. The van der Waals surface area contributed by atoms with E-state index in [1.165, 1.54) is 41.6 Å². The summed E-state index contributed by atoms with van der Waals surface area (Å²) in [5, 5.41) is 0.662. The molecule has 1 unspecified atom stereocenters. The molecule has 4 rings (SSSR count). The number of hydrogen-bond acceptors (Lipinski definition) is 5. The maximum absolute atomic E-state index is 6.25. The molecule has 0 aromatic heterocycles. The van der Waals surface area contributed by atoms with Gasteiger partial charge in [0.25, 0.3) is 0 Å². The van der Waals surface area contributed by atoms with E-state index >= 15 is 0 Å². The number of ether oxygens (including phenoxy) is 3. The Kier molecular flexibility index (Phi) is 8.05. The van der Waals surface area contributed by atoms with Crippen molar-refractivity contribution < 1.29 is 14.2 Å². The third-order valence-electron chi connectivity index (χ3n) is 7.33. The molecule has 2 fully saturated rings. The molecule has 0 spiro atoms. The van der Waals surface area contributed by atoms with E-state index in [1.54, 1.807) is 14.2 Å². The van der Waals surface area contributed by atoms with Gasteiger partial charge in [0.2, 0.25) is 0 Å². The molecule has 2 aliphatic rings. The molecule has 2 aromatic carbocycles. The summed E-state index contributed by atoms with van der Waals surface area (Å²) in [6.07, 6.45) is 4.64. The SMILES string of the molecule is COCCCOc1ccc([C@H]2CCCC3CN(c4ccc(Cl)c(OC)c4)CCN32)c(C)c1C. The largest absolute Gasteiger partial charge is 0.495 e. The highest BCUT2D eigenvalue weighted by atomic mass is 35.5. The molecule has 2 aliphatic heterocycles. The first-order chi connectivity index (χ1) is 16.0. The molecule has 0 radical (unpaired) electrons. The van der Waals surface area contributed by atoms with Crippen molar-refractivity contribution >= 4 is 17.3 Å². The first kappa shape index (κ1) is 24.2. The molecule has 0 N–H and O–H groups in total. The van der Waals surface area contributed by atoms with Crippen molar-refractivity contribution in [1.82, 2.24) is 4.90 Å². The van der Waals surface area contributed by atoms with E-state index in [2.05, 4.69) is 47.9 Å². The zero-order valence-electron chi connectivity index (χ0n) is 20.4. The Morgan fingerprint density at radius 3 is 2.61 bits per heavy atom. The number of fused-ring (bicyclic) bond motifs is 1. The van der Waals surface area contributed by atoms with E-state index in [0.717, 1.165) is 44.2 Å². The Morgan fingerprint density at radius 1 is 0.970 bits per heavy atom. The van der Waals surface area contributed by atoms with E-state index < -0.39 is 0 Å². The van der Waals surface area contributed by atoms with Crippen molar-refractivity contribution in [3.8, 4) is 11.5 Å². The van der Waals surface area contributed by atoms with Gasteiger partial charge in [-0.05, 0) is 68.0 Å². The molecule has 0 bridgehead atoms. The van der Waals surface area contributed by atoms with Crippen LogP contribution in [0, 0.1) is 13.8 Å². The van der Waals surface area contributed by atoms with Crippen molar-refractivity contribution in [2.75, 3.05) is 52.0 Å². The van der Waals surface area contributed by atoms with Gasteiger partial charge in [-0.15, -0.1) is 0 Å². The van der Waals surface area contributed by atoms with Crippen LogP contribution in [0.2, 0.25) is 5.02 Å². The average Bonchev–Trinajstić information content (AvgIpc) is 2.84. The third kappa shape index (κ3) is 5.26. The number of methoxy groups -OCH3 is 2. The van der Waals surface area contributed by atoms with Crippen LogP contribution in [0.15, 0.2) is 30.3 Å². The number of benzene rings is 2. The number of piperidine rings is 1. The van der Waals surface area contributed by atoms with E-state index in [0.29, 0.717) is 23.7 Å². The summed E-state index contributed by atoms with van der Waals surface area (Å²) in [4.78, 5) is 5.23. The Morgan fingerprint density at radius 2 is 1.82 bits per heavy atom. The predicted molar refractivity (Wildman–Crippen MR) is 135 cm³/mol. The lowest BCUT2D eigenvalue weighted by molar-refractivity contribution is 0.0712. The number of anilines is 1. The Hall–Kier alpha value is -1.95. The fraction of sp³-hybridized carbons (Fsp3) is 0.556. The van der Waals surface area contributed by atoms with Gasteiger partial charge < -0.3 is 19.1 Å². The van der Waals surface area contributed by atoms with E-state index in [1.807, 2.05) is 6.07 Å². The lowest BCUT2D eigenvalue weighted by Gasteiger charge is -2.49. The van der Waals surface area contributed by atoms with Gasteiger partial charge in [-0.2, -0.15) is 0 Å². The van der Waals surface area contributed by atoms with Crippen LogP contribution in [-0.2, 0) is 4.74 Å². The summed E-state index contributed by atoms with van der Waals surface area (Å²) in [6.45, 7) is 8.98. The van der Waals surface area contributed by atoms with Gasteiger partial charge in [-0.3, -0.25) is 4.90 Å². The van der Waals surface area contributed by atoms with Crippen molar-refractivity contribution in [3.05, 3.63) is 52.0 Å². The van der Waals surface area contributed by atoms with Crippen molar-refractivity contribution in [2.24, 2.45) is 0 Å². The normalized spacial score (nSPS) is 21.1. The van der Waals surface area contributed by atoms with Crippen LogP contribution in [-0.4, -0.2) is 58.0 Å². The quantitative estimate of drug-likeness (QED) is 0.454. The fourth-order valence-corrected chi connectivity index (χ4v) is 5.58. The molecule has 33 heavy (non-hydrogen) atoms. The first-order valence-electron chi connectivity index (χ1n) is 12.1. The second-order valence-electron chi connectivity index (χ2n) is 9.20. The van der Waals surface area contributed by atoms with Crippen LogP contribution >= 0.6 is 11.6 Å². The van der Waals surface area contributed by atoms with Crippen molar-refractivity contribution in [1.29, 1.82) is 0 Å². The minimum absolute atomic E-state index is 0.479. The maximum atomic E-state index is 6.25. The number of piperazine rings is 1. The van der Waals surface area contributed by atoms with Crippen LogP contribution in [0.4, 0.5) is 5.69 Å². The summed E-state index contributed by atoms with van der Waals surface area (Å²) in [5.74, 6) is 1.75. The molecule has 2 atom stereocenters. The van der Waals surface area contributed by atoms with Gasteiger partial charge in [0.1, 0.15) is 11.5 Å². The number of rotatable bonds is 8. The van der Waals surface area contributed by atoms with Crippen molar-refractivity contribution in [3.63, 3.8) is 0 Å². The van der Waals surface area contributed by atoms with Gasteiger partial charge in [-0.1, -0.05) is 17.7 Å². The van der Waals surface area contributed by atoms with E-state index in [-0.39, 0.29) is 0 Å². The van der Waals surface area contributed by atoms with Crippen LogP contribution in [0.25, 0.3) is 0 Å². The fourth-order valence-electron chi connectivity index (χ4n) is 5.38. The Balaban J connectivity index is 1.47. The van der Waals surface area contributed by atoms with Gasteiger partial charge in [-0.25, -0.2) is 0 Å². The van der Waals surface area contributed by atoms with Gasteiger partial charge in [0.05, 0.1) is 18.7 Å². The minimum atomic E-state index is 0.479. The summed E-state index contributed by atoms with van der Waals surface area (Å²) < 4.78 is 16.6. The van der Waals surface area contributed by atoms with Crippen molar-refractivity contribution in [2.45, 2.75) is 51.6 Å². The summed E-state index contributed by atoms with van der Waals surface area (Å²) >= 11 is 6.25. The monoisotopic (exact) mass is 472 g/mol. The van der Waals surface area contributed by atoms with Crippen LogP contribution in [0.5, 0.6) is 11.5 Å². The number of hydrogen-bond donors (Lipinski definition) is 0. The van der Waals surface area contributed by atoms with Crippen LogP contribution in [0.3, 0.4) is 0 Å². The topological polar surface area (TPSA) is 34.2 Å². The maximum Gasteiger partial charge on any atom is 0.139 e. The minimum Gasteiger partial charge on any atom is -0.495 e. The average molecular weight is 473 g/mol. The van der Waals surface area contributed by atoms with Gasteiger partial charge in [0.15, 0.2) is 0 Å². The summed E-state index contributed by atoms with van der Waals surface area (Å²) in [7, 11) is 3.41. The van der Waals surface area contributed by atoms with Gasteiger partial charge in [0, 0.05) is 63.6 Å². The molecule has 0 saturated carbocycles. The molecule has 5 nitrogen and oxygen atoms in total. The highest BCUT2D eigenvalue weighted by Gasteiger charge is 2.36. The molecule has 6 heteroatoms. The molecule has 0 amide bonds. The first-order valence-corrected chi connectivity index (χ1v) is 12.5. The zero-order chi connectivity index (χ0) is 23.4. The lowest BCUT2D eigenvalue weighted by atomic mass is 9.86. The third-order valence-corrected chi connectivity index (χ3v) is 7.64. The second kappa shape index (κ2) is 11.0. The van der Waals surface area contributed by atoms with Crippen LogP contribution < -0.4 is 14.4 Å². The highest BCUT2D eigenvalue weighted by molar-refractivity contribution is 6.32. The molecule has 2 saturated heterocycles. The Bertz CT molecular complexity index is 951. The molecule has 0 aliphatic carbocycles. The number of halogens is 1. The van der Waals surface area contributed by atoms with Crippen LogP contribution in [0.1, 0.15) is 48.4 Å². The lowest BCUT2D eigenvalue weighted by Crippen LogP contribution is -2.56. The molecular weight excluding hydrogens is 436 g/mol.